The van der Waals surface area contributed by atoms with Crippen LogP contribution < -0.4 is 5.32 Å². The molecule has 2 rings (SSSR count). The highest BCUT2D eigenvalue weighted by molar-refractivity contribution is 5.73. The minimum Gasteiger partial charge on any atom is -0.457 e. The van der Waals surface area contributed by atoms with Crippen molar-refractivity contribution in [1.82, 2.24) is 5.32 Å². The molecule has 33 heavy (non-hydrogen) atoms. The van der Waals surface area contributed by atoms with E-state index in [0.29, 0.717) is 12.8 Å². The number of rotatable bonds is 8. The zero-order valence-corrected chi connectivity index (χ0v) is 20.2. The van der Waals surface area contributed by atoms with Crippen LogP contribution >= 0.6 is 0 Å². The predicted octanol–water partition coefficient (Wildman–Crippen LogP) is 1.00. The summed E-state index contributed by atoms with van der Waals surface area (Å²) in [5.74, 6) is -2.11. The second-order valence-corrected chi connectivity index (χ2v) is 8.29. The van der Waals surface area contributed by atoms with E-state index >= 15 is 0 Å². The van der Waals surface area contributed by atoms with E-state index in [1.165, 1.54) is 27.7 Å². The lowest BCUT2D eigenvalue weighted by atomic mass is 9.94. The average Bonchev–Trinajstić information content (AvgIpc) is 2.99. The number of amides is 1. The van der Waals surface area contributed by atoms with Gasteiger partial charge in [0.25, 0.3) is 0 Å². The number of ether oxygens (including phenoxy) is 6. The molecule has 2 aliphatic rings. The van der Waals surface area contributed by atoms with Crippen molar-refractivity contribution in [3.8, 4) is 0 Å². The quantitative estimate of drug-likeness (QED) is 0.402. The molecule has 2 fully saturated rings. The molecule has 0 aromatic heterocycles. The summed E-state index contributed by atoms with van der Waals surface area (Å²) in [7, 11) is 0. The third-order valence-electron chi connectivity index (χ3n) is 5.56. The van der Waals surface area contributed by atoms with Crippen molar-refractivity contribution in [3.63, 3.8) is 0 Å². The molecule has 0 aliphatic carbocycles. The lowest BCUT2D eigenvalue weighted by Crippen LogP contribution is -2.66. The molecule has 9 atom stereocenters. The van der Waals surface area contributed by atoms with Crippen molar-refractivity contribution in [1.29, 1.82) is 0 Å². The van der Waals surface area contributed by atoms with E-state index in [2.05, 4.69) is 5.32 Å². The van der Waals surface area contributed by atoms with Crippen LogP contribution in [0.3, 0.4) is 0 Å². The normalized spacial score (nSPS) is 36.0. The maximum atomic E-state index is 12.0. The molecule has 2 saturated heterocycles. The van der Waals surface area contributed by atoms with Crippen molar-refractivity contribution < 1.29 is 47.6 Å². The fourth-order valence-corrected chi connectivity index (χ4v) is 4.31. The van der Waals surface area contributed by atoms with E-state index in [4.69, 9.17) is 28.4 Å². The SMILES string of the molecule is CC[C@@H]1O[C@H](O[C@H]2[C@@H](OC(C)=O)[C@@H](C)O[C@@H]2CC)[C@H](NC(C)=O)[C@@H](OC(C)=O)[C@@H]1OC(C)=O. The highest BCUT2D eigenvalue weighted by Gasteiger charge is 2.53. The first kappa shape index (κ1) is 27.0. The van der Waals surface area contributed by atoms with Gasteiger partial charge in [0.05, 0.1) is 12.2 Å². The minimum absolute atomic E-state index is 0.399. The van der Waals surface area contributed by atoms with E-state index in [9.17, 15) is 19.2 Å². The Labute approximate surface area is 193 Å². The number of carbonyl (C=O) groups is 4. The van der Waals surface area contributed by atoms with Gasteiger partial charge < -0.3 is 33.7 Å². The van der Waals surface area contributed by atoms with Gasteiger partial charge in [-0.1, -0.05) is 13.8 Å². The molecule has 0 saturated carbocycles. The number of nitrogens with one attached hydrogen (secondary N) is 1. The van der Waals surface area contributed by atoms with Crippen LogP contribution in [0.5, 0.6) is 0 Å². The van der Waals surface area contributed by atoms with Crippen LogP contribution in [0.1, 0.15) is 61.3 Å². The highest BCUT2D eigenvalue weighted by Crippen LogP contribution is 2.34. The summed E-state index contributed by atoms with van der Waals surface area (Å²) in [6.07, 6.45) is -5.04. The lowest BCUT2D eigenvalue weighted by molar-refractivity contribution is -0.290. The average molecular weight is 474 g/mol. The Morgan fingerprint density at radius 1 is 0.727 bits per heavy atom. The fourth-order valence-electron chi connectivity index (χ4n) is 4.31. The second-order valence-electron chi connectivity index (χ2n) is 8.29. The van der Waals surface area contributed by atoms with E-state index < -0.39 is 78.9 Å². The summed E-state index contributed by atoms with van der Waals surface area (Å²) in [4.78, 5) is 47.4. The van der Waals surface area contributed by atoms with E-state index in [-0.39, 0.29) is 0 Å². The fraction of sp³-hybridized carbons (Fsp3) is 0.818. The van der Waals surface area contributed by atoms with Crippen LogP contribution in [-0.2, 0) is 47.6 Å². The zero-order valence-electron chi connectivity index (χ0n) is 20.2. The van der Waals surface area contributed by atoms with Gasteiger partial charge in [-0.2, -0.15) is 0 Å². The smallest absolute Gasteiger partial charge is 0.303 e. The Bertz CT molecular complexity index is 728. The Hall–Kier alpha value is -2.24. The first-order chi connectivity index (χ1) is 15.5. The summed E-state index contributed by atoms with van der Waals surface area (Å²) >= 11 is 0. The third-order valence-corrected chi connectivity index (χ3v) is 5.56. The Balaban J connectivity index is 2.42. The molecule has 1 N–H and O–H groups in total. The maximum Gasteiger partial charge on any atom is 0.303 e. The predicted molar refractivity (Wildman–Crippen MR) is 113 cm³/mol. The zero-order chi connectivity index (χ0) is 24.9. The van der Waals surface area contributed by atoms with Gasteiger partial charge in [0.1, 0.15) is 18.2 Å². The van der Waals surface area contributed by atoms with Crippen LogP contribution in [0.25, 0.3) is 0 Å². The largest absolute Gasteiger partial charge is 0.457 e. The highest BCUT2D eigenvalue weighted by atomic mass is 16.7. The van der Waals surface area contributed by atoms with Crippen molar-refractivity contribution in [2.45, 2.75) is 116 Å². The third kappa shape index (κ3) is 6.87. The Kier molecular flexibility index (Phi) is 9.62. The molecular weight excluding hydrogens is 438 g/mol. The molecule has 2 heterocycles. The number of hydrogen-bond donors (Lipinski definition) is 1. The van der Waals surface area contributed by atoms with Gasteiger partial charge in [0.15, 0.2) is 24.6 Å². The van der Waals surface area contributed by atoms with Gasteiger partial charge in [-0.15, -0.1) is 0 Å². The minimum atomic E-state index is -1.10. The van der Waals surface area contributed by atoms with Crippen molar-refractivity contribution >= 4 is 23.8 Å². The summed E-state index contributed by atoms with van der Waals surface area (Å²) in [5, 5.41) is 2.70. The monoisotopic (exact) mass is 473 g/mol. The van der Waals surface area contributed by atoms with Gasteiger partial charge >= 0.3 is 17.9 Å². The number of esters is 3. The van der Waals surface area contributed by atoms with Gasteiger partial charge in [-0.25, -0.2) is 0 Å². The first-order valence-corrected chi connectivity index (χ1v) is 11.2. The molecule has 1 amide bonds. The summed E-state index contributed by atoms with van der Waals surface area (Å²) in [6.45, 7) is 10.6. The first-order valence-electron chi connectivity index (χ1n) is 11.2. The van der Waals surface area contributed by atoms with Crippen LogP contribution in [0, 0.1) is 0 Å². The van der Waals surface area contributed by atoms with Gasteiger partial charge in [-0.05, 0) is 19.8 Å². The van der Waals surface area contributed by atoms with Crippen LogP contribution in [0.2, 0.25) is 0 Å². The molecule has 0 spiro atoms. The molecule has 0 aromatic rings. The van der Waals surface area contributed by atoms with Crippen molar-refractivity contribution in [3.05, 3.63) is 0 Å². The molecule has 0 unspecified atom stereocenters. The molecule has 0 bridgehead atoms. The van der Waals surface area contributed by atoms with E-state index in [1.807, 2.05) is 13.8 Å². The number of hydrogen-bond acceptors (Lipinski definition) is 10. The van der Waals surface area contributed by atoms with Crippen molar-refractivity contribution in [2.75, 3.05) is 0 Å². The van der Waals surface area contributed by atoms with Crippen LogP contribution in [0.15, 0.2) is 0 Å². The molecule has 0 radical (unpaired) electrons. The molecule has 11 nitrogen and oxygen atoms in total. The standard InChI is InChI=1S/C22H35NO10/c1-8-15-19(18(10(3)28-15)29-12(5)25)33-22-17(23-11(4)24)21(31-14(7)27)20(30-13(6)26)16(9-2)32-22/h10,15-22H,8-9H2,1-7H3,(H,23,24)/t10-,15-,16+,17-,18+,19-,20-,21-,22-/m1/s1. The summed E-state index contributed by atoms with van der Waals surface area (Å²) in [6, 6.07) is -0.995. The lowest BCUT2D eigenvalue weighted by Gasteiger charge is -2.46. The Morgan fingerprint density at radius 3 is 1.70 bits per heavy atom. The summed E-state index contributed by atoms with van der Waals surface area (Å²) < 4.78 is 34.7. The van der Waals surface area contributed by atoms with E-state index in [1.54, 1.807) is 6.92 Å². The maximum absolute atomic E-state index is 12.0. The van der Waals surface area contributed by atoms with Crippen LogP contribution in [-0.4, -0.2) is 78.9 Å². The molecule has 0 aromatic carbocycles. The molecular formula is C22H35NO10. The van der Waals surface area contributed by atoms with Crippen molar-refractivity contribution in [2.24, 2.45) is 0 Å². The molecule has 11 heteroatoms. The Morgan fingerprint density at radius 2 is 1.21 bits per heavy atom. The van der Waals surface area contributed by atoms with Gasteiger partial charge in [0.2, 0.25) is 5.91 Å². The molecule has 188 valence electrons. The van der Waals surface area contributed by atoms with Gasteiger partial charge in [-0.3, -0.25) is 19.2 Å². The second kappa shape index (κ2) is 11.8. The molecule has 2 aliphatic heterocycles. The van der Waals surface area contributed by atoms with E-state index in [0.717, 1.165) is 0 Å². The summed E-state index contributed by atoms with van der Waals surface area (Å²) in [5.41, 5.74) is 0. The number of carbonyl (C=O) groups excluding carboxylic acids is 4. The van der Waals surface area contributed by atoms with Crippen LogP contribution in [0.4, 0.5) is 0 Å². The topological polar surface area (TPSA) is 136 Å². The van der Waals surface area contributed by atoms with Gasteiger partial charge in [0, 0.05) is 27.7 Å².